The molecule has 0 aromatic heterocycles. The Balaban J connectivity index is 2.16. The molecule has 1 atom stereocenters. The molecule has 1 N–H and O–H groups in total. The quantitative estimate of drug-likeness (QED) is 0.467. The Bertz CT molecular complexity index is 277. The van der Waals surface area contributed by atoms with E-state index >= 15 is 0 Å². The number of halogens is 1. The zero-order valence-electron chi connectivity index (χ0n) is 9.95. The van der Waals surface area contributed by atoms with Crippen LogP contribution in [0.25, 0.3) is 0 Å². The van der Waals surface area contributed by atoms with Crippen LogP contribution in [0.1, 0.15) is 13.8 Å². The Hall–Kier alpha value is 0.0100. The van der Waals surface area contributed by atoms with E-state index in [0.717, 1.165) is 17.6 Å². The van der Waals surface area contributed by atoms with Crippen molar-refractivity contribution in [1.82, 2.24) is 5.32 Å². The highest BCUT2D eigenvalue weighted by atomic mass is 79.9. The zero-order valence-corrected chi connectivity index (χ0v) is 12.4. The lowest BCUT2D eigenvalue weighted by Crippen LogP contribution is -2.36. The summed E-state index contributed by atoms with van der Waals surface area (Å²) < 4.78 is 0. The summed E-state index contributed by atoms with van der Waals surface area (Å²) >= 11 is 5.45. The second-order valence-electron chi connectivity index (χ2n) is 4.12. The van der Waals surface area contributed by atoms with Crippen molar-refractivity contribution in [2.45, 2.75) is 24.8 Å². The van der Waals surface area contributed by atoms with Crippen LogP contribution in [0.2, 0.25) is 0 Å². The first-order valence-corrected chi connectivity index (χ1v) is 7.82. The summed E-state index contributed by atoms with van der Waals surface area (Å²) in [7, 11) is 0. The van der Waals surface area contributed by atoms with Crippen molar-refractivity contribution < 1.29 is 0 Å². The summed E-state index contributed by atoms with van der Waals surface area (Å²) in [5, 5.41) is 4.60. The highest BCUT2D eigenvalue weighted by Crippen LogP contribution is 2.16. The first-order chi connectivity index (χ1) is 7.74. The fourth-order valence-corrected chi connectivity index (χ4v) is 3.18. The van der Waals surface area contributed by atoms with E-state index < -0.39 is 0 Å². The van der Waals surface area contributed by atoms with Gasteiger partial charge in [0.25, 0.3) is 0 Å². The van der Waals surface area contributed by atoms with Gasteiger partial charge in [0.2, 0.25) is 0 Å². The smallest absolute Gasteiger partial charge is 0.0188 e. The molecule has 0 aliphatic carbocycles. The lowest BCUT2D eigenvalue weighted by atomic mass is 10.1. The minimum absolute atomic E-state index is 0.580. The van der Waals surface area contributed by atoms with E-state index in [1.54, 1.807) is 0 Å². The normalized spacial score (nSPS) is 13.0. The number of hydrogen-bond donors (Lipinski definition) is 1. The minimum Gasteiger partial charge on any atom is -0.312 e. The minimum atomic E-state index is 0.580. The van der Waals surface area contributed by atoms with Crippen LogP contribution in [0, 0.1) is 5.92 Å². The van der Waals surface area contributed by atoms with Crippen molar-refractivity contribution in [1.29, 1.82) is 0 Å². The summed E-state index contributed by atoms with van der Waals surface area (Å²) in [6, 6.07) is 11.1. The Kier molecular flexibility index (Phi) is 7.17. The molecule has 1 unspecified atom stereocenters. The number of thioether (sulfide) groups is 1. The van der Waals surface area contributed by atoms with E-state index in [4.69, 9.17) is 0 Å². The molecule has 0 amide bonds. The van der Waals surface area contributed by atoms with Crippen LogP contribution < -0.4 is 5.32 Å². The van der Waals surface area contributed by atoms with Gasteiger partial charge in [0, 0.05) is 28.6 Å². The lowest BCUT2D eigenvalue weighted by Gasteiger charge is -2.19. The van der Waals surface area contributed by atoms with Crippen molar-refractivity contribution >= 4 is 27.7 Å². The molecule has 0 fully saturated rings. The van der Waals surface area contributed by atoms with E-state index in [-0.39, 0.29) is 0 Å². The van der Waals surface area contributed by atoms with Gasteiger partial charge in [-0.1, -0.05) is 48.0 Å². The molecule has 0 spiro atoms. The van der Waals surface area contributed by atoms with Crippen LogP contribution in [0.3, 0.4) is 0 Å². The monoisotopic (exact) mass is 301 g/mol. The van der Waals surface area contributed by atoms with E-state index in [0.29, 0.717) is 12.0 Å². The van der Waals surface area contributed by atoms with Crippen LogP contribution in [-0.4, -0.2) is 23.7 Å². The first kappa shape index (κ1) is 14.1. The predicted molar refractivity (Wildman–Crippen MR) is 77.6 cm³/mol. The number of hydrogen-bond acceptors (Lipinski definition) is 2. The topological polar surface area (TPSA) is 12.0 Å². The van der Waals surface area contributed by atoms with E-state index in [9.17, 15) is 0 Å². The summed E-state index contributed by atoms with van der Waals surface area (Å²) in [5.41, 5.74) is 0. The average molecular weight is 302 g/mol. The van der Waals surface area contributed by atoms with Crippen molar-refractivity contribution in [3.05, 3.63) is 30.3 Å². The highest BCUT2D eigenvalue weighted by Gasteiger charge is 2.09. The molecule has 1 nitrogen and oxygen atoms in total. The first-order valence-electron chi connectivity index (χ1n) is 5.71. The van der Waals surface area contributed by atoms with Gasteiger partial charge in [-0.25, -0.2) is 0 Å². The molecule has 1 aromatic rings. The maximum atomic E-state index is 3.57. The van der Waals surface area contributed by atoms with Crippen molar-refractivity contribution in [3.8, 4) is 0 Å². The van der Waals surface area contributed by atoms with Gasteiger partial charge in [-0.05, 0) is 18.1 Å². The Labute approximate surface area is 112 Å². The molecule has 16 heavy (non-hydrogen) atoms. The molecule has 0 heterocycles. The fourth-order valence-electron chi connectivity index (χ4n) is 1.40. The number of benzene rings is 1. The van der Waals surface area contributed by atoms with Crippen molar-refractivity contribution in [2.75, 3.05) is 17.6 Å². The summed E-state index contributed by atoms with van der Waals surface area (Å²) in [6.45, 7) is 5.57. The standard InChI is InChI=1S/C13H20BrNS/c1-11(2)13(10-14)15-8-9-16-12-6-4-3-5-7-12/h3-7,11,13,15H,8-10H2,1-2H3. The van der Waals surface area contributed by atoms with Gasteiger partial charge in [0.1, 0.15) is 0 Å². The van der Waals surface area contributed by atoms with Gasteiger partial charge in [-0.15, -0.1) is 11.8 Å². The van der Waals surface area contributed by atoms with Crippen LogP contribution >= 0.6 is 27.7 Å². The second kappa shape index (κ2) is 8.15. The van der Waals surface area contributed by atoms with Gasteiger partial charge in [0.15, 0.2) is 0 Å². The average Bonchev–Trinajstić information content (AvgIpc) is 2.30. The highest BCUT2D eigenvalue weighted by molar-refractivity contribution is 9.09. The van der Waals surface area contributed by atoms with Crippen molar-refractivity contribution in [2.24, 2.45) is 5.92 Å². The van der Waals surface area contributed by atoms with Crippen LogP contribution in [-0.2, 0) is 0 Å². The Morgan fingerprint density at radius 1 is 1.25 bits per heavy atom. The fraction of sp³-hybridized carbons (Fsp3) is 0.538. The van der Waals surface area contributed by atoms with Crippen molar-refractivity contribution in [3.63, 3.8) is 0 Å². The molecule has 0 saturated carbocycles. The summed E-state index contributed by atoms with van der Waals surface area (Å²) in [5.74, 6) is 1.81. The zero-order chi connectivity index (χ0) is 11.8. The van der Waals surface area contributed by atoms with Crippen LogP contribution in [0.5, 0.6) is 0 Å². The Morgan fingerprint density at radius 2 is 1.94 bits per heavy atom. The second-order valence-corrected chi connectivity index (χ2v) is 5.94. The van der Waals surface area contributed by atoms with Gasteiger partial charge in [-0.3, -0.25) is 0 Å². The summed E-state index contributed by atoms with van der Waals surface area (Å²) in [6.07, 6.45) is 0. The number of nitrogens with one attached hydrogen (secondary N) is 1. The molecule has 0 saturated heterocycles. The van der Waals surface area contributed by atoms with Gasteiger partial charge in [0.05, 0.1) is 0 Å². The molecule has 1 rings (SSSR count). The third-order valence-electron chi connectivity index (χ3n) is 2.49. The summed E-state index contributed by atoms with van der Waals surface area (Å²) in [4.78, 5) is 1.35. The van der Waals surface area contributed by atoms with Crippen LogP contribution in [0.4, 0.5) is 0 Å². The van der Waals surface area contributed by atoms with Gasteiger partial charge in [-0.2, -0.15) is 0 Å². The Morgan fingerprint density at radius 3 is 2.50 bits per heavy atom. The maximum Gasteiger partial charge on any atom is 0.0188 e. The molecule has 1 aromatic carbocycles. The number of rotatable bonds is 7. The van der Waals surface area contributed by atoms with E-state index in [1.807, 2.05) is 11.8 Å². The van der Waals surface area contributed by atoms with Gasteiger partial charge < -0.3 is 5.32 Å². The SMILES string of the molecule is CC(C)C(CBr)NCCSc1ccccc1. The van der Waals surface area contributed by atoms with Gasteiger partial charge >= 0.3 is 0 Å². The number of alkyl halides is 1. The van der Waals surface area contributed by atoms with Crippen LogP contribution in [0.15, 0.2) is 35.2 Å². The molecule has 0 radical (unpaired) electrons. The molecule has 3 heteroatoms. The lowest BCUT2D eigenvalue weighted by molar-refractivity contribution is 0.447. The molecule has 0 bridgehead atoms. The van der Waals surface area contributed by atoms with E-state index in [1.165, 1.54) is 4.90 Å². The largest absolute Gasteiger partial charge is 0.312 e. The maximum absolute atomic E-state index is 3.57. The third-order valence-corrected chi connectivity index (χ3v) is 4.20. The molecule has 0 aliphatic rings. The van der Waals surface area contributed by atoms with E-state index in [2.05, 4.69) is 65.4 Å². The molecular formula is C13H20BrNS. The molecule has 0 aliphatic heterocycles. The molecule has 90 valence electrons. The third kappa shape index (κ3) is 5.37. The predicted octanol–water partition coefficient (Wildman–Crippen LogP) is 3.79. The molecular weight excluding hydrogens is 282 g/mol.